The van der Waals surface area contributed by atoms with Crippen molar-refractivity contribution in [1.29, 1.82) is 0 Å². The largest absolute Gasteiger partial charge is 0.466 e. The number of carbonyl (C=O) groups excluding carboxylic acids is 2. The van der Waals surface area contributed by atoms with Crippen molar-refractivity contribution < 1.29 is 19.1 Å². The lowest BCUT2D eigenvalue weighted by molar-refractivity contribution is -0.146. The van der Waals surface area contributed by atoms with Gasteiger partial charge >= 0.3 is 11.9 Å². The van der Waals surface area contributed by atoms with Crippen LogP contribution < -0.4 is 0 Å². The van der Waals surface area contributed by atoms with Crippen LogP contribution in [0.4, 0.5) is 0 Å². The molecule has 25 heavy (non-hydrogen) atoms. The number of hydrogen-bond acceptors (Lipinski definition) is 4. The second-order valence-corrected chi connectivity index (χ2v) is 6.65. The molecular weight excluding hydrogens is 363 g/mol. The number of unbranched alkanes of at least 4 members (excludes halogenated alkanes) is 4. The summed E-state index contributed by atoms with van der Waals surface area (Å²) in [4.78, 5) is 23.3. The number of esters is 2. The molecule has 0 aliphatic rings. The quantitative estimate of drug-likeness (QED) is 0.339. The first-order valence-corrected chi connectivity index (χ1v) is 9.54. The predicted octanol–water partition coefficient (Wildman–Crippen LogP) is 5.72. The van der Waals surface area contributed by atoms with E-state index in [2.05, 4.69) is 6.92 Å². The molecule has 0 N–H and O–H groups in total. The summed E-state index contributed by atoms with van der Waals surface area (Å²) in [6.07, 6.45) is 6.38. The Bertz CT molecular complexity index is 546. The smallest absolute Gasteiger partial charge is 0.306 e. The first kappa shape index (κ1) is 21.8. The van der Waals surface area contributed by atoms with E-state index in [0.29, 0.717) is 28.6 Å². The van der Waals surface area contributed by atoms with Gasteiger partial charge in [-0.2, -0.15) is 0 Å². The highest BCUT2D eigenvalue weighted by Gasteiger charge is 2.10. The minimum Gasteiger partial charge on any atom is -0.466 e. The molecule has 140 valence electrons. The fourth-order valence-corrected chi connectivity index (χ4v) is 2.61. The fraction of sp³-hybridized carbons (Fsp3) is 0.579. The molecular formula is C19H26Cl2O4. The molecule has 0 spiro atoms. The molecule has 0 bridgehead atoms. The Morgan fingerprint density at radius 2 is 1.60 bits per heavy atom. The van der Waals surface area contributed by atoms with Gasteiger partial charge in [-0.05, 0) is 18.9 Å². The first-order chi connectivity index (χ1) is 12.0. The van der Waals surface area contributed by atoms with E-state index in [-0.39, 0.29) is 31.4 Å². The molecule has 1 aromatic rings. The van der Waals surface area contributed by atoms with Crippen LogP contribution in [0.3, 0.4) is 0 Å². The SMILES string of the molecule is CCCCCCCOC(=O)CCCC(=O)OCc1cccc(Cl)c1Cl. The van der Waals surface area contributed by atoms with Crippen LogP contribution in [0.25, 0.3) is 0 Å². The normalized spacial score (nSPS) is 10.5. The summed E-state index contributed by atoms with van der Waals surface area (Å²) < 4.78 is 10.3. The van der Waals surface area contributed by atoms with E-state index in [1.807, 2.05) is 0 Å². The number of carbonyl (C=O) groups is 2. The van der Waals surface area contributed by atoms with Crippen molar-refractivity contribution >= 4 is 35.1 Å². The summed E-state index contributed by atoms with van der Waals surface area (Å²) in [7, 11) is 0. The molecule has 0 aromatic heterocycles. The highest BCUT2D eigenvalue weighted by molar-refractivity contribution is 6.42. The third kappa shape index (κ3) is 9.71. The summed E-state index contributed by atoms with van der Waals surface area (Å²) in [5.41, 5.74) is 0.657. The van der Waals surface area contributed by atoms with Crippen LogP contribution in [0, 0.1) is 0 Å². The molecule has 0 saturated heterocycles. The minimum atomic E-state index is -0.372. The zero-order valence-corrected chi connectivity index (χ0v) is 16.2. The van der Waals surface area contributed by atoms with E-state index in [1.165, 1.54) is 19.3 Å². The second kappa shape index (κ2) is 13.0. The van der Waals surface area contributed by atoms with Crippen molar-refractivity contribution in [2.24, 2.45) is 0 Å². The van der Waals surface area contributed by atoms with Crippen molar-refractivity contribution in [3.63, 3.8) is 0 Å². The first-order valence-electron chi connectivity index (χ1n) is 8.78. The summed E-state index contributed by atoms with van der Waals surface area (Å²) >= 11 is 11.9. The number of halogens is 2. The maximum Gasteiger partial charge on any atom is 0.306 e. The van der Waals surface area contributed by atoms with E-state index in [0.717, 1.165) is 12.8 Å². The maximum atomic E-state index is 11.7. The molecule has 0 unspecified atom stereocenters. The molecule has 0 atom stereocenters. The van der Waals surface area contributed by atoms with Gasteiger partial charge in [-0.3, -0.25) is 9.59 Å². The van der Waals surface area contributed by atoms with Gasteiger partial charge in [-0.1, -0.05) is 67.9 Å². The van der Waals surface area contributed by atoms with Crippen LogP contribution in [0.1, 0.15) is 63.9 Å². The predicted molar refractivity (Wildman–Crippen MR) is 99.8 cm³/mol. The summed E-state index contributed by atoms with van der Waals surface area (Å²) in [6, 6.07) is 5.17. The van der Waals surface area contributed by atoms with Crippen molar-refractivity contribution in [3.8, 4) is 0 Å². The molecule has 4 nitrogen and oxygen atoms in total. The lowest BCUT2D eigenvalue weighted by Crippen LogP contribution is -2.09. The van der Waals surface area contributed by atoms with Gasteiger partial charge in [0, 0.05) is 18.4 Å². The third-order valence-corrected chi connectivity index (χ3v) is 4.55. The molecule has 0 aliphatic carbocycles. The van der Waals surface area contributed by atoms with E-state index in [9.17, 15) is 9.59 Å². The van der Waals surface area contributed by atoms with Crippen molar-refractivity contribution in [2.45, 2.75) is 64.9 Å². The molecule has 0 amide bonds. The zero-order chi connectivity index (χ0) is 18.5. The van der Waals surface area contributed by atoms with Gasteiger partial charge in [-0.15, -0.1) is 0 Å². The Morgan fingerprint density at radius 1 is 0.920 bits per heavy atom. The average Bonchev–Trinajstić information content (AvgIpc) is 2.59. The molecule has 1 aromatic carbocycles. The van der Waals surface area contributed by atoms with Crippen LogP contribution in [-0.2, 0) is 25.7 Å². The second-order valence-electron chi connectivity index (χ2n) is 5.86. The zero-order valence-electron chi connectivity index (χ0n) is 14.7. The van der Waals surface area contributed by atoms with Gasteiger partial charge < -0.3 is 9.47 Å². The number of benzene rings is 1. The van der Waals surface area contributed by atoms with Crippen molar-refractivity contribution in [1.82, 2.24) is 0 Å². The Hall–Kier alpha value is -1.26. The Labute approximate surface area is 159 Å². The number of ether oxygens (including phenoxy) is 2. The van der Waals surface area contributed by atoms with Crippen LogP contribution in [0.15, 0.2) is 18.2 Å². The van der Waals surface area contributed by atoms with Gasteiger partial charge in [0.15, 0.2) is 0 Å². The minimum absolute atomic E-state index is 0.0699. The van der Waals surface area contributed by atoms with E-state index < -0.39 is 0 Å². The average molecular weight is 389 g/mol. The number of rotatable bonds is 12. The molecule has 0 radical (unpaired) electrons. The van der Waals surface area contributed by atoms with E-state index in [1.54, 1.807) is 18.2 Å². The lowest BCUT2D eigenvalue weighted by Gasteiger charge is -2.08. The monoisotopic (exact) mass is 388 g/mol. The highest BCUT2D eigenvalue weighted by atomic mass is 35.5. The van der Waals surface area contributed by atoms with Gasteiger partial charge in [0.25, 0.3) is 0 Å². The van der Waals surface area contributed by atoms with Crippen LogP contribution in [0.5, 0.6) is 0 Å². The summed E-state index contributed by atoms with van der Waals surface area (Å²) in [6.45, 7) is 2.69. The molecule has 6 heteroatoms. The Balaban J connectivity index is 2.10. The highest BCUT2D eigenvalue weighted by Crippen LogP contribution is 2.26. The number of hydrogen-bond donors (Lipinski definition) is 0. The molecule has 0 aliphatic heterocycles. The summed E-state index contributed by atoms with van der Waals surface area (Å²) in [5, 5.41) is 0.812. The molecule has 0 saturated carbocycles. The maximum absolute atomic E-state index is 11.7. The van der Waals surface area contributed by atoms with Gasteiger partial charge in [-0.25, -0.2) is 0 Å². The molecule has 0 fully saturated rings. The standard InChI is InChI=1S/C19H26Cl2O4/c1-2-3-4-5-6-13-24-17(22)11-8-12-18(23)25-14-15-9-7-10-16(20)19(15)21/h7,9-10H,2-6,8,11-14H2,1H3. The van der Waals surface area contributed by atoms with Crippen LogP contribution in [0.2, 0.25) is 10.0 Å². The fourth-order valence-electron chi connectivity index (χ4n) is 2.23. The molecule has 1 rings (SSSR count). The lowest BCUT2D eigenvalue weighted by atomic mass is 10.2. The third-order valence-electron chi connectivity index (χ3n) is 3.69. The van der Waals surface area contributed by atoms with Crippen molar-refractivity contribution in [2.75, 3.05) is 6.61 Å². The summed E-state index contributed by atoms with van der Waals surface area (Å²) in [5.74, 6) is -0.635. The van der Waals surface area contributed by atoms with Gasteiger partial charge in [0.1, 0.15) is 6.61 Å². The Kier molecular flexibility index (Phi) is 11.3. The van der Waals surface area contributed by atoms with Gasteiger partial charge in [0.05, 0.1) is 16.7 Å². The van der Waals surface area contributed by atoms with Crippen LogP contribution >= 0.6 is 23.2 Å². The van der Waals surface area contributed by atoms with E-state index in [4.69, 9.17) is 32.7 Å². The van der Waals surface area contributed by atoms with Crippen LogP contribution in [-0.4, -0.2) is 18.5 Å². The Morgan fingerprint density at radius 3 is 2.32 bits per heavy atom. The topological polar surface area (TPSA) is 52.6 Å². The van der Waals surface area contributed by atoms with Crippen molar-refractivity contribution in [3.05, 3.63) is 33.8 Å². The van der Waals surface area contributed by atoms with E-state index >= 15 is 0 Å². The molecule has 0 heterocycles. The van der Waals surface area contributed by atoms with Gasteiger partial charge in [0.2, 0.25) is 0 Å².